The molecule has 0 aliphatic heterocycles. The fourth-order valence-corrected chi connectivity index (χ4v) is 0.928. The molecule has 0 radical (unpaired) electrons. The summed E-state index contributed by atoms with van der Waals surface area (Å²) < 4.78 is 0. The molecule has 4 heteroatoms. The Hall–Kier alpha value is -0.850. The topological polar surface area (TPSA) is 32.9 Å². The predicted octanol–water partition coefficient (Wildman–Crippen LogP) is 1.31. The summed E-state index contributed by atoms with van der Waals surface area (Å²) in [5.41, 5.74) is 0.144. The van der Waals surface area contributed by atoms with E-state index in [1.807, 2.05) is 0 Å². The van der Waals surface area contributed by atoms with Crippen molar-refractivity contribution in [1.29, 1.82) is 0 Å². The van der Waals surface area contributed by atoms with E-state index in [1.165, 1.54) is 12.3 Å². The molecule has 12 heavy (non-hydrogen) atoms. The van der Waals surface area contributed by atoms with E-state index in [9.17, 15) is 4.79 Å². The van der Waals surface area contributed by atoms with E-state index in [1.54, 1.807) is 0 Å². The molecule has 0 saturated carbocycles. The first-order chi connectivity index (χ1) is 5.74. The third-order valence-corrected chi connectivity index (χ3v) is 1.55. The number of hydrogen-bond acceptors (Lipinski definition) is 2. The molecule has 0 spiro atoms. The monoisotopic (exact) mass is 199 g/mol. The average Bonchev–Trinajstić information content (AvgIpc) is 2.07. The molecule has 0 saturated heterocycles. The van der Waals surface area contributed by atoms with Crippen LogP contribution in [0.5, 0.6) is 0 Å². The van der Waals surface area contributed by atoms with Gasteiger partial charge in [-0.3, -0.25) is 4.79 Å². The van der Waals surface area contributed by atoms with Gasteiger partial charge in [-0.2, -0.15) is 12.6 Å². The van der Waals surface area contributed by atoms with Crippen LogP contribution >= 0.6 is 24.2 Å². The number of aromatic nitrogens is 1. The minimum absolute atomic E-state index is 0.228. The molecule has 0 aliphatic carbocycles. The molecular formula is C8H6ClNOS. The Bertz CT molecular complexity index is 388. The first-order valence-electron chi connectivity index (χ1n) is 3.22. The highest BCUT2D eigenvalue weighted by Crippen LogP contribution is 2.03. The maximum atomic E-state index is 11.0. The first kappa shape index (κ1) is 9.24. The van der Waals surface area contributed by atoms with Crippen LogP contribution in [0.15, 0.2) is 17.1 Å². The highest BCUT2D eigenvalue weighted by atomic mass is 35.5. The highest BCUT2D eigenvalue weighted by molar-refractivity contribution is 7.80. The van der Waals surface area contributed by atoms with E-state index in [2.05, 4.69) is 29.5 Å². The lowest BCUT2D eigenvalue weighted by Gasteiger charge is -1.89. The van der Waals surface area contributed by atoms with E-state index in [0.717, 1.165) is 0 Å². The Kier molecular flexibility index (Phi) is 3.27. The van der Waals surface area contributed by atoms with Crippen LogP contribution in [-0.2, 0) is 0 Å². The van der Waals surface area contributed by atoms with Crippen molar-refractivity contribution in [2.45, 2.75) is 0 Å². The third-order valence-electron chi connectivity index (χ3n) is 1.17. The lowest BCUT2D eigenvalue weighted by Crippen LogP contribution is -2.08. The molecule has 1 aromatic heterocycles. The van der Waals surface area contributed by atoms with Crippen molar-refractivity contribution < 1.29 is 0 Å². The fraction of sp³-hybridized carbons (Fsp3) is 0.125. The Morgan fingerprint density at radius 1 is 1.67 bits per heavy atom. The molecule has 0 atom stereocenters. The summed E-state index contributed by atoms with van der Waals surface area (Å²) in [6.45, 7) is 0. The van der Waals surface area contributed by atoms with Gasteiger partial charge in [-0.05, 0) is 6.07 Å². The number of H-pyrrole nitrogens is 1. The lowest BCUT2D eigenvalue weighted by molar-refractivity contribution is 1.22. The number of aromatic amines is 1. The second-order valence-electron chi connectivity index (χ2n) is 2.02. The summed E-state index contributed by atoms with van der Waals surface area (Å²) in [6, 6.07) is 1.52. The Morgan fingerprint density at radius 3 is 3.08 bits per heavy atom. The van der Waals surface area contributed by atoms with E-state index < -0.39 is 0 Å². The lowest BCUT2D eigenvalue weighted by atomic mass is 10.3. The first-order valence-corrected chi connectivity index (χ1v) is 4.23. The largest absolute Gasteiger partial charge is 0.327 e. The van der Waals surface area contributed by atoms with Crippen LogP contribution < -0.4 is 5.56 Å². The summed E-state index contributed by atoms with van der Waals surface area (Å²) in [5, 5.41) is 0.470. The molecule has 1 heterocycles. The van der Waals surface area contributed by atoms with Gasteiger partial charge in [-0.1, -0.05) is 23.4 Å². The maximum Gasteiger partial charge on any atom is 0.263 e. The van der Waals surface area contributed by atoms with Gasteiger partial charge in [0, 0.05) is 6.20 Å². The van der Waals surface area contributed by atoms with Crippen molar-refractivity contribution in [2.75, 3.05) is 5.75 Å². The van der Waals surface area contributed by atoms with Crippen molar-refractivity contribution in [1.82, 2.24) is 4.98 Å². The molecule has 0 bridgehead atoms. The Labute approximate surface area is 80.4 Å². The Balaban J connectivity index is 3.14. The molecule has 62 valence electrons. The molecule has 2 nitrogen and oxygen atoms in total. The van der Waals surface area contributed by atoms with Gasteiger partial charge in [-0.15, -0.1) is 0 Å². The molecule has 1 aromatic rings. The minimum atomic E-state index is -0.228. The van der Waals surface area contributed by atoms with Gasteiger partial charge >= 0.3 is 0 Å². The number of rotatable bonds is 0. The van der Waals surface area contributed by atoms with Gasteiger partial charge in [0.2, 0.25) is 0 Å². The quantitative estimate of drug-likeness (QED) is 0.480. The zero-order chi connectivity index (χ0) is 8.97. The number of pyridine rings is 1. The van der Waals surface area contributed by atoms with Crippen molar-refractivity contribution in [3.8, 4) is 11.8 Å². The van der Waals surface area contributed by atoms with Crippen LogP contribution in [0, 0.1) is 11.8 Å². The average molecular weight is 200 g/mol. The van der Waals surface area contributed by atoms with Crippen molar-refractivity contribution >= 4 is 24.2 Å². The van der Waals surface area contributed by atoms with Crippen LogP contribution in [0.2, 0.25) is 5.02 Å². The molecule has 0 amide bonds. The predicted molar refractivity (Wildman–Crippen MR) is 52.8 cm³/mol. The van der Waals surface area contributed by atoms with Gasteiger partial charge in [0.1, 0.15) is 0 Å². The minimum Gasteiger partial charge on any atom is -0.327 e. The number of nitrogens with one attached hydrogen (secondary N) is 1. The fourth-order valence-electron chi connectivity index (χ4n) is 0.685. The SMILES string of the molecule is O=c1[nH]cc(Cl)cc1C#CCS. The summed E-state index contributed by atoms with van der Waals surface area (Å²) in [6.07, 6.45) is 1.43. The molecular weight excluding hydrogens is 194 g/mol. The summed E-state index contributed by atoms with van der Waals surface area (Å²) in [7, 11) is 0. The van der Waals surface area contributed by atoms with Crippen LogP contribution in [-0.4, -0.2) is 10.7 Å². The summed E-state index contributed by atoms with van der Waals surface area (Å²) in [4.78, 5) is 13.5. The van der Waals surface area contributed by atoms with Gasteiger partial charge in [0.05, 0.1) is 16.3 Å². The third kappa shape index (κ3) is 2.33. The normalized spacial score (nSPS) is 8.83. The molecule has 0 aromatic carbocycles. The molecule has 0 aliphatic rings. The standard InChI is InChI=1S/C8H6ClNOS/c9-7-4-6(2-1-3-12)8(11)10-5-7/h4-5,12H,3H2,(H,10,11). The molecule has 0 fully saturated rings. The zero-order valence-electron chi connectivity index (χ0n) is 6.10. The molecule has 0 unspecified atom stereocenters. The number of halogens is 1. The van der Waals surface area contributed by atoms with Crippen LogP contribution in [0.25, 0.3) is 0 Å². The maximum absolute atomic E-state index is 11.0. The summed E-state index contributed by atoms with van der Waals surface area (Å²) in [5.74, 6) is 5.74. The van der Waals surface area contributed by atoms with E-state index in [0.29, 0.717) is 16.3 Å². The zero-order valence-corrected chi connectivity index (χ0v) is 7.75. The van der Waals surface area contributed by atoms with Gasteiger partial charge in [0.15, 0.2) is 0 Å². The molecule has 1 rings (SSSR count). The van der Waals surface area contributed by atoms with Crippen LogP contribution in [0.4, 0.5) is 0 Å². The summed E-state index contributed by atoms with van der Waals surface area (Å²) >= 11 is 9.53. The van der Waals surface area contributed by atoms with Crippen LogP contribution in [0.1, 0.15) is 5.56 Å². The van der Waals surface area contributed by atoms with Gasteiger partial charge in [0.25, 0.3) is 5.56 Å². The van der Waals surface area contributed by atoms with E-state index >= 15 is 0 Å². The highest BCUT2D eigenvalue weighted by Gasteiger charge is 1.94. The number of hydrogen-bond donors (Lipinski definition) is 2. The van der Waals surface area contributed by atoms with Crippen LogP contribution in [0.3, 0.4) is 0 Å². The van der Waals surface area contributed by atoms with Gasteiger partial charge < -0.3 is 4.98 Å². The second-order valence-corrected chi connectivity index (χ2v) is 2.77. The smallest absolute Gasteiger partial charge is 0.263 e. The van der Waals surface area contributed by atoms with Crippen molar-refractivity contribution in [3.63, 3.8) is 0 Å². The Morgan fingerprint density at radius 2 is 2.42 bits per heavy atom. The number of thiol groups is 1. The van der Waals surface area contributed by atoms with E-state index in [4.69, 9.17) is 11.6 Å². The van der Waals surface area contributed by atoms with Crippen molar-refractivity contribution in [3.05, 3.63) is 33.2 Å². The molecule has 1 N–H and O–H groups in total. The second kappa shape index (κ2) is 4.24. The van der Waals surface area contributed by atoms with E-state index in [-0.39, 0.29) is 5.56 Å². The van der Waals surface area contributed by atoms with Crippen molar-refractivity contribution in [2.24, 2.45) is 0 Å². The van der Waals surface area contributed by atoms with Gasteiger partial charge in [-0.25, -0.2) is 0 Å².